The van der Waals surface area contributed by atoms with Crippen molar-refractivity contribution in [2.75, 3.05) is 5.32 Å². The molecule has 1 amide bonds. The Morgan fingerprint density at radius 1 is 0.960 bits per heavy atom. The number of benzene rings is 2. The Hall–Kier alpha value is -2.18. The molecule has 0 atom stereocenters. The topological polar surface area (TPSA) is 75.3 Å². The summed E-state index contributed by atoms with van der Waals surface area (Å²) >= 11 is 0. The van der Waals surface area contributed by atoms with Gasteiger partial charge in [0.25, 0.3) is 5.91 Å². The fraction of sp³-hybridized carbons (Fsp3) is 0.316. The van der Waals surface area contributed by atoms with E-state index in [0.29, 0.717) is 5.56 Å². The number of aryl methyl sites for hydroxylation is 2. The van der Waals surface area contributed by atoms with E-state index in [0.717, 1.165) is 37.8 Å². The van der Waals surface area contributed by atoms with Crippen LogP contribution >= 0.6 is 0 Å². The number of anilines is 1. The molecule has 2 aliphatic rings. The molecule has 25 heavy (non-hydrogen) atoms. The van der Waals surface area contributed by atoms with Gasteiger partial charge in [0.05, 0.1) is 4.90 Å². The van der Waals surface area contributed by atoms with Gasteiger partial charge < -0.3 is 5.32 Å². The minimum Gasteiger partial charge on any atom is -0.322 e. The standard InChI is InChI=1S/C19H20N2O3S/c22-19(20-17-7-4-13-2-1-3-15(13)12-17)14-5-10-18(11-6-14)25(23,24)21-16-8-9-16/h4-7,10-12,16,21H,1-3,8-9H2,(H,20,22). The van der Waals surface area contributed by atoms with Gasteiger partial charge in [-0.1, -0.05) is 6.07 Å². The lowest BCUT2D eigenvalue weighted by Gasteiger charge is -2.09. The molecule has 0 radical (unpaired) electrons. The number of sulfonamides is 1. The van der Waals surface area contributed by atoms with Gasteiger partial charge in [-0.15, -0.1) is 0 Å². The number of nitrogens with one attached hydrogen (secondary N) is 2. The van der Waals surface area contributed by atoms with Crippen LogP contribution in [0.2, 0.25) is 0 Å². The summed E-state index contributed by atoms with van der Waals surface area (Å²) in [6.07, 6.45) is 5.10. The molecule has 0 bridgehead atoms. The SMILES string of the molecule is O=C(Nc1ccc2c(c1)CCC2)c1ccc(S(=O)(=O)NC2CC2)cc1. The monoisotopic (exact) mass is 356 g/mol. The third kappa shape index (κ3) is 3.60. The van der Waals surface area contributed by atoms with E-state index >= 15 is 0 Å². The lowest BCUT2D eigenvalue weighted by Crippen LogP contribution is -2.25. The van der Waals surface area contributed by atoms with Crippen molar-refractivity contribution in [1.82, 2.24) is 4.72 Å². The molecule has 1 fully saturated rings. The molecule has 130 valence electrons. The minimum atomic E-state index is -3.49. The highest BCUT2D eigenvalue weighted by molar-refractivity contribution is 7.89. The first kappa shape index (κ1) is 16.3. The van der Waals surface area contributed by atoms with E-state index in [-0.39, 0.29) is 16.8 Å². The highest BCUT2D eigenvalue weighted by Gasteiger charge is 2.28. The molecule has 0 spiro atoms. The molecule has 0 aromatic heterocycles. The van der Waals surface area contributed by atoms with Crippen LogP contribution in [-0.4, -0.2) is 20.4 Å². The van der Waals surface area contributed by atoms with E-state index in [1.807, 2.05) is 12.1 Å². The average Bonchev–Trinajstić information content (AvgIpc) is 3.27. The maximum Gasteiger partial charge on any atom is 0.255 e. The van der Waals surface area contributed by atoms with Crippen LogP contribution in [0.5, 0.6) is 0 Å². The zero-order valence-electron chi connectivity index (χ0n) is 13.8. The van der Waals surface area contributed by atoms with E-state index in [1.165, 1.54) is 23.3 Å². The summed E-state index contributed by atoms with van der Waals surface area (Å²) in [5.41, 5.74) is 3.87. The molecular weight excluding hydrogens is 336 g/mol. The van der Waals surface area contributed by atoms with Crippen molar-refractivity contribution in [3.05, 3.63) is 59.2 Å². The minimum absolute atomic E-state index is 0.0628. The van der Waals surface area contributed by atoms with Gasteiger partial charge in [0.15, 0.2) is 0 Å². The summed E-state index contributed by atoms with van der Waals surface area (Å²) in [5, 5.41) is 2.88. The van der Waals surface area contributed by atoms with Crippen LogP contribution in [0, 0.1) is 0 Å². The smallest absolute Gasteiger partial charge is 0.255 e. The van der Waals surface area contributed by atoms with Gasteiger partial charge in [-0.2, -0.15) is 0 Å². The Kier molecular flexibility index (Phi) is 4.09. The second-order valence-corrected chi connectivity index (χ2v) is 8.43. The van der Waals surface area contributed by atoms with Gasteiger partial charge >= 0.3 is 0 Å². The van der Waals surface area contributed by atoms with E-state index in [2.05, 4.69) is 16.1 Å². The number of hydrogen-bond donors (Lipinski definition) is 2. The lowest BCUT2D eigenvalue weighted by atomic mass is 10.1. The van der Waals surface area contributed by atoms with Gasteiger partial charge in [-0.25, -0.2) is 13.1 Å². The van der Waals surface area contributed by atoms with E-state index in [1.54, 1.807) is 12.1 Å². The zero-order chi connectivity index (χ0) is 17.4. The van der Waals surface area contributed by atoms with E-state index < -0.39 is 10.0 Å². The second kappa shape index (κ2) is 6.28. The van der Waals surface area contributed by atoms with Crippen LogP contribution in [-0.2, 0) is 22.9 Å². The molecule has 4 rings (SSSR count). The van der Waals surface area contributed by atoms with Crippen LogP contribution in [0.3, 0.4) is 0 Å². The molecule has 2 aromatic rings. The summed E-state index contributed by atoms with van der Waals surface area (Å²) in [6.45, 7) is 0. The summed E-state index contributed by atoms with van der Waals surface area (Å²) in [7, 11) is -3.49. The number of hydrogen-bond acceptors (Lipinski definition) is 3. The van der Waals surface area contributed by atoms with Crippen molar-refractivity contribution in [2.24, 2.45) is 0 Å². The molecule has 1 saturated carbocycles. The van der Waals surface area contributed by atoms with Crippen LogP contribution in [0.1, 0.15) is 40.7 Å². The van der Waals surface area contributed by atoms with Crippen LogP contribution < -0.4 is 10.0 Å². The van der Waals surface area contributed by atoms with Crippen molar-refractivity contribution in [3.63, 3.8) is 0 Å². The Labute approximate surface area is 147 Å². The fourth-order valence-corrected chi connectivity index (χ4v) is 4.43. The number of amides is 1. The van der Waals surface area contributed by atoms with Gasteiger partial charge in [-0.3, -0.25) is 4.79 Å². The molecule has 0 saturated heterocycles. The number of carbonyl (C=O) groups is 1. The molecule has 0 unspecified atom stereocenters. The second-order valence-electron chi connectivity index (χ2n) is 6.71. The first-order valence-electron chi connectivity index (χ1n) is 8.57. The largest absolute Gasteiger partial charge is 0.322 e. The van der Waals surface area contributed by atoms with Crippen molar-refractivity contribution in [1.29, 1.82) is 0 Å². The first-order valence-corrected chi connectivity index (χ1v) is 10.1. The molecule has 0 aliphatic heterocycles. The quantitative estimate of drug-likeness (QED) is 0.865. The highest BCUT2D eigenvalue weighted by Crippen LogP contribution is 2.25. The highest BCUT2D eigenvalue weighted by atomic mass is 32.2. The van der Waals surface area contributed by atoms with Gasteiger partial charge in [0.2, 0.25) is 10.0 Å². The van der Waals surface area contributed by atoms with Crippen LogP contribution in [0.15, 0.2) is 47.4 Å². The van der Waals surface area contributed by atoms with Gasteiger partial charge in [0.1, 0.15) is 0 Å². The average molecular weight is 356 g/mol. The summed E-state index contributed by atoms with van der Waals surface area (Å²) < 4.78 is 26.9. The number of fused-ring (bicyclic) bond motifs is 1. The summed E-state index contributed by atoms with van der Waals surface area (Å²) in [6, 6.07) is 12.1. The fourth-order valence-electron chi connectivity index (χ4n) is 3.13. The van der Waals surface area contributed by atoms with E-state index in [9.17, 15) is 13.2 Å². The normalized spacial score (nSPS) is 16.5. The molecule has 2 aromatic carbocycles. The van der Waals surface area contributed by atoms with Crippen molar-refractivity contribution >= 4 is 21.6 Å². The first-order chi connectivity index (χ1) is 12.0. The molecule has 0 heterocycles. The van der Waals surface area contributed by atoms with Crippen LogP contribution in [0.25, 0.3) is 0 Å². The van der Waals surface area contributed by atoms with Crippen molar-refractivity contribution in [3.8, 4) is 0 Å². The summed E-state index contributed by atoms with van der Waals surface area (Å²) in [4.78, 5) is 12.6. The Balaban J connectivity index is 1.47. The van der Waals surface area contributed by atoms with Crippen molar-refractivity contribution in [2.45, 2.75) is 43.0 Å². The third-order valence-corrected chi connectivity index (χ3v) is 6.22. The zero-order valence-corrected chi connectivity index (χ0v) is 14.6. The Morgan fingerprint density at radius 2 is 1.68 bits per heavy atom. The Bertz CT molecular complexity index is 916. The third-order valence-electron chi connectivity index (χ3n) is 4.68. The maximum atomic E-state index is 12.4. The molecule has 2 aliphatic carbocycles. The Morgan fingerprint density at radius 3 is 2.40 bits per heavy atom. The molecule has 2 N–H and O–H groups in total. The molecular formula is C19H20N2O3S. The predicted octanol–water partition coefficient (Wildman–Crippen LogP) is 2.87. The van der Waals surface area contributed by atoms with E-state index in [4.69, 9.17) is 0 Å². The molecule has 5 nitrogen and oxygen atoms in total. The maximum absolute atomic E-state index is 12.4. The number of carbonyl (C=O) groups excluding carboxylic acids is 1. The van der Waals surface area contributed by atoms with Gasteiger partial charge in [0, 0.05) is 17.3 Å². The van der Waals surface area contributed by atoms with Crippen LogP contribution in [0.4, 0.5) is 5.69 Å². The number of rotatable bonds is 5. The van der Waals surface area contributed by atoms with Gasteiger partial charge in [-0.05, 0) is 79.6 Å². The van der Waals surface area contributed by atoms with Crippen molar-refractivity contribution < 1.29 is 13.2 Å². The summed E-state index contributed by atoms with van der Waals surface area (Å²) in [5.74, 6) is -0.239. The predicted molar refractivity (Wildman–Crippen MR) is 96.2 cm³/mol. The molecule has 6 heteroatoms. The lowest BCUT2D eigenvalue weighted by molar-refractivity contribution is 0.102.